The van der Waals surface area contributed by atoms with Gasteiger partial charge in [-0.1, -0.05) is 24.3 Å². The van der Waals surface area contributed by atoms with Crippen LogP contribution in [-0.4, -0.2) is 23.9 Å². The molecule has 1 fully saturated rings. The van der Waals surface area contributed by atoms with Crippen LogP contribution in [0.25, 0.3) is 0 Å². The van der Waals surface area contributed by atoms with Gasteiger partial charge in [-0.3, -0.25) is 4.79 Å². The van der Waals surface area contributed by atoms with Gasteiger partial charge in [0.15, 0.2) is 0 Å². The van der Waals surface area contributed by atoms with Gasteiger partial charge in [0.1, 0.15) is 0 Å². The van der Waals surface area contributed by atoms with Crippen LogP contribution in [-0.2, 0) is 11.2 Å². The van der Waals surface area contributed by atoms with Crippen LogP contribution in [0.5, 0.6) is 0 Å². The molecule has 0 aliphatic carbocycles. The van der Waals surface area contributed by atoms with Crippen LogP contribution in [0.3, 0.4) is 0 Å². The number of carbonyl (C=O) groups excluding carboxylic acids is 1. The van der Waals surface area contributed by atoms with Crippen molar-refractivity contribution in [1.29, 1.82) is 10.5 Å². The fraction of sp³-hybridized carbons (Fsp3) is 0.348. The Hall–Kier alpha value is -3.11. The van der Waals surface area contributed by atoms with Crippen LogP contribution in [0.1, 0.15) is 53.9 Å². The first-order chi connectivity index (χ1) is 13.2. The van der Waals surface area contributed by atoms with Gasteiger partial charge in [-0.25, -0.2) is 0 Å². The van der Waals surface area contributed by atoms with Gasteiger partial charge in [-0.2, -0.15) is 10.5 Å². The first-order valence-corrected chi connectivity index (χ1v) is 9.49. The second kappa shape index (κ2) is 9.01. The van der Waals surface area contributed by atoms with Crippen LogP contribution < -0.4 is 0 Å². The van der Waals surface area contributed by atoms with E-state index < -0.39 is 0 Å². The van der Waals surface area contributed by atoms with Gasteiger partial charge in [0.25, 0.3) is 0 Å². The number of nitriles is 2. The Balaban J connectivity index is 1.71. The molecule has 0 spiro atoms. The predicted octanol–water partition coefficient (Wildman–Crippen LogP) is 4.16. The highest BCUT2D eigenvalue weighted by Gasteiger charge is 2.27. The number of carbonyl (C=O) groups is 1. The van der Waals surface area contributed by atoms with Crippen molar-refractivity contribution in [2.24, 2.45) is 0 Å². The first kappa shape index (κ1) is 18.7. The molecular weight excluding hydrogens is 334 g/mol. The maximum Gasteiger partial charge on any atom is 0.230 e. The van der Waals surface area contributed by atoms with Gasteiger partial charge in [0.2, 0.25) is 5.91 Å². The van der Waals surface area contributed by atoms with Gasteiger partial charge in [0, 0.05) is 13.1 Å². The minimum Gasteiger partial charge on any atom is -0.342 e. The lowest BCUT2D eigenvalue weighted by molar-refractivity contribution is -0.131. The zero-order valence-electron chi connectivity index (χ0n) is 15.4. The van der Waals surface area contributed by atoms with Gasteiger partial charge in [0.05, 0.1) is 29.2 Å². The Labute approximate surface area is 160 Å². The van der Waals surface area contributed by atoms with E-state index in [9.17, 15) is 10.1 Å². The van der Waals surface area contributed by atoms with Crippen molar-refractivity contribution in [3.8, 4) is 12.1 Å². The molecule has 1 aliphatic heterocycles. The first-order valence-electron chi connectivity index (χ1n) is 9.49. The molecule has 27 heavy (non-hydrogen) atoms. The van der Waals surface area contributed by atoms with E-state index in [0.717, 1.165) is 50.8 Å². The molecule has 0 saturated carbocycles. The van der Waals surface area contributed by atoms with E-state index in [1.807, 2.05) is 47.4 Å². The maximum absolute atomic E-state index is 13.1. The summed E-state index contributed by atoms with van der Waals surface area (Å²) < 4.78 is 0. The molecule has 0 N–H and O–H groups in total. The van der Waals surface area contributed by atoms with Crippen LogP contribution in [0.4, 0.5) is 0 Å². The van der Waals surface area contributed by atoms with Crippen molar-refractivity contribution in [3.63, 3.8) is 0 Å². The Morgan fingerprint density at radius 1 is 1.00 bits per heavy atom. The standard InChI is InChI=1S/C23H23N3O/c24-16-19-11-9-18(10-12-19)5-4-8-22(23(27)26-13-1-2-14-26)21-7-3-6-20(15-21)17-25/h3,6-7,9-12,15,22H,1-2,4-5,8,13-14H2. The summed E-state index contributed by atoms with van der Waals surface area (Å²) in [5, 5.41) is 18.1. The van der Waals surface area contributed by atoms with Crippen molar-refractivity contribution in [3.05, 3.63) is 70.8 Å². The molecule has 1 aliphatic rings. The predicted molar refractivity (Wildman–Crippen MR) is 104 cm³/mol. The van der Waals surface area contributed by atoms with E-state index in [-0.39, 0.29) is 11.8 Å². The quantitative estimate of drug-likeness (QED) is 0.779. The number of hydrogen-bond acceptors (Lipinski definition) is 3. The normalized spacial score (nSPS) is 14.4. The molecular formula is C23H23N3O. The number of likely N-dealkylation sites (tertiary alicyclic amines) is 1. The van der Waals surface area contributed by atoms with Gasteiger partial charge >= 0.3 is 0 Å². The van der Waals surface area contributed by atoms with E-state index >= 15 is 0 Å². The summed E-state index contributed by atoms with van der Waals surface area (Å²) in [6.07, 6.45) is 4.65. The Bertz CT molecular complexity index is 868. The Kier molecular flexibility index (Phi) is 6.23. The maximum atomic E-state index is 13.1. The highest BCUT2D eigenvalue weighted by Crippen LogP contribution is 2.27. The summed E-state index contributed by atoms with van der Waals surface area (Å²) in [5.74, 6) is -0.0165. The van der Waals surface area contributed by atoms with E-state index in [2.05, 4.69) is 12.1 Å². The van der Waals surface area contributed by atoms with Crippen molar-refractivity contribution < 1.29 is 4.79 Å². The van der Waals surface area contributed by atoms with E-state index in [4.69, 9.17) is 5.26 Å². The minimum absolute atomic E-state index is 0.183. The smallest absolute Gasteiger partial charge is 0.230 e. The molecule has 1 amide bonds. The van der Waals surface area contributed by atoms with Crippen molar-refractivity contribution in [2.75, 3.05) is 13.1 Å². The molecule has 1 saturated heterocycles. The fourth-order valence-corrected chi connectivity index (χ4v) is 3.67. The zero-order valence-corrected chi connectivity index (χ0v) is 15.4. The van der Waals surface area contributed by atoms with E-state index in [1.54, 1.807) is 6.07 Å². The summed E-state index contributed by atoms with van der Waals surface area (Å²) >= 11 is 0. The number of aryl methyl sites for hydroxylation is 1. The fourth-order valence-electron chi connectivity index (χ4n) is 3.67. The summed E-state index contributed by atoms with van der Waals surface area (Å²) in [6, 6.07) is 19.4. The number of rotatable bonds is 6. The number of amides is 1. The second-order valence-corrected chi connectivity index (χ2v) is 7.02. The SMILES string of the molecule is N#Cc1ccc(CCCC(C(=O)N2CCCC2)c2cccc(C#N)c2)cc1. The average Bonchev–Trinajstić information content (AvgIpc) is 3.26. The Morgan fingerprint density at radius 3 is 2.37 bits per heavy atom. The third-order valence-electron chi connectivity index (χ3n) is 5.18. The lowest BCUT2D eigenvalue weighted by Crippen LogP contribution is -2.32. The summed E-state index contributed by atoms with van der Waals surface area (Å²) in [6.45, 7) is 1.67. The average molecular weight is 357 g/mol. The van der Waals surface area contributed by atoms with Crippen LogP contribution >= 0.6 is 0 Å². The third kappa shape index (κ3) is 4.74. The van der Waals surface area contributed by atoms with E-state index in [0.29, 0.717) is 11.1 Å². The molecule has 1 heterocycles. The molecule has 1 atom stereocenters. The van der Waals surface area contributed by atoms with Crippen molar-refractivity contribution >= 4 is 5.91 Å². The monoisotopic (exact) mass is 357 g/mol. The summed E-state index contributed by atoms with van der Waals surface area (Å²) in [4.78, 5) is 15.0. The number of benzene rings is 2. The summed E-state index contributed by atoms with van der Waals surface area (Å²) in [5.41, 5.74) is 3.37. The minimum atomic E-state index is -0.199. The van der Waals surface area contributed by atoms with Gasteiger partial charge in [-0.05, 0) is 67.5 Å². The highest BCUT2D eigenvalue weighted by molar-refractivity contribution is 5.84. The molecule has 136 valence electrons. The lowest BCUT2D eigenvalue weighted by Gasteiger charge is -2.24. The number of hydrogen-bond donors (Lipinski definition) is 0. The largest absolute Gasteiger partial charge is 0.342 e. The summed E-state index contributed by atoms with van der Waals surface area (Å²) in [7, 11) is 0. The van der Waals surface area contributed by atoms with Crippen molar-refractivity contribution in [2.45, 2.75) is 38.0 Å². The van der Waals surface area contributed by atoms with Crippen LogP contribution in [0.2, 0.25) is 0 Å². The highest BCUT2D eigenvalue weighted by atomic mass is 16.2. The molecule has 1 unspecified atom stereocenters. The lowest BCUT2D eigenvalue weighted by atomic mass is 9.90. The zero-order chi connectivity index (χ0) is 19.1. The van der Waals surface area contributed by atoms with Crippen LogP contribution in [0, 0.1) is 22.7 Å². The molecule has 3 rings (SSSR count). The van der Waals surface area contributed by atoms with Gasteiger partial charge < -0.3 is 4.90 Å². The molecule has 2 aromatic carbocycles. The molecule has 0 aromatic heterocycles. The topological polar surface area (TPSA) is 67.9 Å². The second-order valence-electron chi connectivity index (χ2n) is 7.02. The van der Waals surface area contributed by atoms with Gasteiger partial charge in [-0.15, -0.1) is 0 Å². The van der Waals surface area contributed by atoms with E-state index in [1.165, 1.54) is 5.56 Å². The van der Waals surface area contributed by atoms with Crippen molar-refractivity contribution in [1.82, 2.24) is 4.90 Å². The molecule has 4 heteroatoms. The Morgan fingerprint density at radius 2 is 1.70 bits per heavy atom. The number of nitrogens with zero attached hydrogens (tertiary/aromatic N) is 3. The molecule has 4 nitrogen and oxygen atoms in total. The molecule has 0 bridgehead atoms. The van der Waals surface area contributed by atoms with Crippen LogP contribution in [0.15, 0.2) is 48.5 Å². The molecule has 2 aromatic rings. The third-order valence-corrected chi connectivity index (χ3v) is 5.18. The molecule has 0 radical (unpaired) electrons.